The molecule has 2 rings (SSSR count). The van der Waals surface area contributed by atoms with Crippen LogP contribution >= 0.6 is 0 Å². The molecule has 0 saturated heterocycles. The van der Waals surface area contributed by atoms with Crippen LogP contribution < -0.4 is 0 Å². The molecule has 0 aromatic carbocycles. The lowest BCUT2D eigenvalue weighted by atomic mass is 9.60. The van der Waals surface area contributed by atoms with Crippen LogP contribution in [0, 0.1) is 28.6 Å². The van der Waals surface area contributed by atoms with Crippen molar-refractivity contribution in [1.82, 2.24) is 0 Å². The molecule has 0 radical (unpaired) electrons. The summed E-state index contributed by atoms with van der Waals surface area (Å²) in [4.78, 5) is 0. The highest BCUT2D eigenvalue weighted by Gasteiger charge is 2.63. The van der Waals surface area contributed by atoms with E-state index in [0.29, 0.717) is 17.8 Å². The monoisotopic (exact) mass is 196 g/mol. The van der Waals surface area contributed by atoms with Gasteiger partial charge >= 0.3 is 0 Å². The van der Waals surface area contributed by atoms with Crippen LogP contribution in [0.3, 0.4) is 0 Å². The van der Waals surface area contributed by atoms with Gasteiger partial charge in [-0.15, -0.1) is 0 Å². The molecule has 0 spiro atoms. The lowest BCUT2D eigenvalue weighted by Gasteiger charge is -2.45. The Hall–Kier alpha value is -0.340. The summed E-state index contributed by atoms with van der Waals surface area (Å²) in [7, 11) is 0. The molecule has 4 unspecified atom stereocenters. The summed E-state index contributed by atoms with van der Waals surface area (Å²) in [6.45, 7) is 6.77. The van der Waals surface area contributed by atoms with Gasteiger partial charge in [0.1, 0.15) is 0 Å². The molecule has 0 aliphatic heterocycles. The van der Waals surface area contributed by atoms with Gasteiger partial charge in [0.2, 0.25) is 0 Å². The number of allylic oxidation sites excluding steroid dienone is 2. The minimum absolute atomic E-state index is 0.152. The minimum atomic E-state index is -0.152. The van der Waals surface area contributed by atoms with Crippen LogP contribution in [0.4, 0.5) is 0 Å². The first-order chi connectivity index (χ1) is 6.51. The van der Waals surface area contributed by atoms with E-state index in [2.05, 4.69) is 32.9 Å². The highest BCUT2D eigenvalue weighted by Crippen LogP contribution is 2.65. The SMILES string of the molecule is CC1C2C=CC1C(C)(CO)C2(C)CO. The van der Waals surface area contributed by atoms with Gasteiger partial charge in [0, 0.05) is 24.0 Å². The topological polar surface area (TPSA) is 40.5 Å². The molecule has 2 bridgehead atoms. The third-order valence-electron chi connectivity index (χ3n) is 5.09. The van der Waals surface area contributed by atoms with Gasteiger partial charge < -0.3 is 10.2 Å². The Morgan fingerprint density at radius 2 is 1.36 bits per heavy atom. The predicted molar refractivity (Wildman–Crippen MR) is 55.7 cm³/mol. The van der Waals surface area contributed by atoms with Crippen LogP contribution in [0.2, 0.25) is 0 Å². The lowest BCUT2D eigenvalue weighted by molar-refractivity contribution is -0.0402. The molecular weight excluding hydrogens is 176 g/mol. The number of rotatable bonds is 2. The Bertz CT molecular complexity index is 247. The molecule has 0 heterocycles. The van der Waals surface area contributed by atoms with E-state index in [-0.39, 0.29) is 24.0 Å². The summed E-state index contributed by atoms with van der Waals surface area (Å²) in [5.74, 6) is 1.41. The summed E-state index contributed by atoms with van der Waals surface area (Å²) >= 11 is 0. The third kappa shape index (κ3) is 0.842. The van der Waals surface area contributed by atoms with E-state index >= 15 is 0 Å². The van der Waals surface area contributed by atoms with Crippen LogP contribution in [0.5, 0.6) is 0 Å². The zero-order valence-corrected chi connectivity index (χ0v) is 9.20. The zero-order chi connectivity index (χ0) is 10.6. The largest absolute Gasteiger partial charge is 0.396 e. The Morgan fingerprint density at radius 3 is 1.64 bits per heavy atom. The van der Waals surface area contributed by atoms with Crippen LogP contribution in [0.15, 0.2) is 12.2 Å². The maximum Gasteiger partial charge on any atom is 0.0496 e. The van der Waals surface area contributed by atoms with Crippen LogP contribution in [-0.4, -0.2) is 23.4 Å². The van der Waals surface area contributed by atoms with Gasteiger partial charge in [0.05, 0.1) is 0 Å². The summed E-state index contributed by atoms with van der Waals surface area (Å²) in [6, 6.07) is 0. The van der Waals surface area contributed by atoms with Crippen molar-refractivity contribution in [3.05, 3.63) is 12.2 Å². The van der Waals surface area contributed by atoms with Gasteiger partial charge in [0.25, 0.3) is 0 Å². The van der Waals surface area contributed by atoms with E-state index in [0.717, 1.165) is 0 Å². The molecule has 4 atom stereocenters. The standard InChI is InChI=1S/C12H20O2/c1-8-9-4-5-10(8)12(3,7-14)11(9,2)6-13/h4-5,8-10,13-14H,6-7H2,1-3H3. The summed E-state index contributed by atoms with van der Waals surface area (Å²) < 4.78 is 0. The van der Waals surface area contributed by atoms with Gasteiger partial charge in [-0.05, 0) is 17.8 Å². The zero-order valence-electron chi connectivity index (χ0n) is 9.20. The highest BCUT2D eigenvalue weighted by atomic mass is 16.3. The minimum Gasteiger partial charge on any atom is -0.396 e. The highest BCUT2D eigenvalue weighted by molar-refractivity contribution is 5.25. The van der Waals surface area contributed by atoms with E-state index in [9.17, 15) is 10.2 Å². The maximum atomic E-state index is 9.59. The van der Waals surface area contributed by atoms with Crippen molar-refractivity contribution in [1.29, 1.82) is 0 Å². The smallest absolute Gasteiger partial charge is 0.0496 e. The Morgan fingerprint density at radius 1 is 1.00 bits per heavy atom. The molecule has 2 nitrogen and oxygen atoms in total. The van der Waals surface area contributed by atoms with Gasteiger partial charge in [-0.3, -0.25) is 0 Å². The molecule has 2 aliphatic carbocycles. The van der Waals surface area contributed by atoms with Crippen molar-refractivity contribution in [2.45, 2.75) is 20.8 Å². The number of fused-ring (bicyclic) bond motifs is 2. The fraction of sp³-hybridized carbons (Fsp3) is 0.833. The van der Waals surface area contributed by atoms with Crippen molar-refractivity contribution in [2.24, 2.45) is 28.6 Å². The Kier molecular flexibility index (Phi) is 2.06. The van der Waals surface area contributed by atoms with Gasteiger partial charge in [0.15, 0.2) is 0 Å². The molecule has 14 heavy (non-hydrogen) atoms. The van der Waals surface area contributed by atoms with E-state index in [1.165, 1.54) is 0 Å². The lowest BCUT2D eigenvalue weighted by Crippen LogP contribution is -2.46. The quantitative estimate of drug-likeness (QED) is 0.656. The fourth-order valence-electron chi connectivity index (χ4n) is 3.73. The number of aliphatic hydroxyl groups is 2. The van der Waals surface area contributed by atoms with Crippen molar-refractivity contribution >= 4 is 0 Å². The second-order valence-electron chi connectivity index (χ2n) is 5.45. The molecule has 2 heteroatoms. The normalized spacial score (nSPS) is 55.6. The van der Waals surface area contributed by atoms with E-state index in [1.54, 1.807) is 0 Å². The van der Waals surface area contributed by atoms with E-state index in [1.807, 2.05) is 0 Å². The number of hydrogen-bond acceptors (Lipinski definition) is 2. The number of aliphatic hydroxyl groups excluding tert-OH is 2. The van der Waals surface area contributed by atoms with Crippen LogP contribution in [0.1, 0.15) is 20.8 Å². The fourth-order valence-corrected chi connectivity index (χ4v) is 3.73. The molecule has 0 aromatic rings. The van der Waals surface area contributed by atoms with Crippen molar-refractivity contribution in [3.63, 3.8) is 0 Å². The van der Waals surface area contributed by atoms with Crippen molar-refractivity contribution < 1.29 is 10.2 Å². The molecule has 0 aromatic heterocycles. The average molecular weight is 196 g/mol. The van der Waals surface area contributed by atoms with Gasteiger partial charge in [-0.1, -0.05) is 32.9 Å². The maximum absolute atomic E-state index is 9.59. The second kappa shape index (κ2) is 2.83. The second-order valence-corrected chi connectivity index (χ2v) is 5.45. The first kappa shape index (κ1) is 10.2. The molecule has 1 fully saturated rings. The Labute approximate surface area is 85.6 Å². The predicted octanol–water partition coefficient (Wildman–Crippen LogP) is 1.44. The Balaban J connectivity index is 2.47. The summed E-state index contributed by atoms with van der Waals surface area (Å²) in [5, 5.41) is 19.2. The van der Waals surface area contributed by atoms with Crippen LogP contribution in [0.25, 0.3) is 0 Å². The van der Waals surface area contributed by atoms with Gasteiger partial charge in [-0.25, -0.2) is 0 Å². The summed E-state index contributed by atoms with van der Waals surface area (Å²) in [6.07, 6.45) is 4.45. The van der Waals surface area contributed by atoms with Gasteiger partial charge in [-0.2, -0.15) is 0 Å². The third-order valence-corrected chi connectivity index (χ3v) is 5.09. The molecule has 80 valence electrons. The van der Waals surface area contributed by atoms with Crippen molar-refractivity contribution in [2.75, 3.05) is 13.2 Å². The van der Waals surface area contributed by atoms with Crippen molar-refractivity contribution in [3.8, 4) is 0 Å². The molecule has 2 N–H and O–H groups in total. The molecule has 1 saturated carbocycles. The first-order valence-electron chi connectivity index (χ1n) is 5.41. The van der Waals surface area contributed by atoms with E-state index in [4.69, 9.17) is 0 Å². The van der Waals surface area contributed by atoms with Crippen LogP contribution in [-0.2, 0) is 0 Å². The molecule has 0 amide bonds. The molecular formula is C12H20O2. The molecule has 2 aliphatic rings. The summed E-state index contributed by atoms with van der Waals surface area (Å²) in [5.41, 5.74) is -0.304. The average Bonchev–Trinajstić information content (AvgIpc) is 2.63. The first-order valence-corrected chi connectivity index (χ1v) is 5.41. The number of hydrogen-bond donors (Lipinski definition) is 2. The van der Waals surface area contributed by atoms with E-state index < -0.39 is 0 Å².